The van der Waals surface area contributed by atoms with Crippen molar-refractivity contribution in [3.8, 4) is 6.07 Å². The molecule has 0 spiro atoms. The van der Waals surface area contributed by atoms with Crippen molar-refractivity contribution in [2.24, 2.45) is 7.05 Å². The van der Waals surface area contributed by atoms with Crippen LogP contribution >= 0.6 is 22.7 Å². The van der Waals surface area contributed by atoms with Gasteiger partial charge in [-0.3, -0.25) is 9.48 Å². The number of carbonyl (C=O) groups is 2. The van der Waals surface area contributed by atoms with Crippen LogP contribution in [0.15, 0.2) is 29.1 Å². The maximum Gasteiger partial charge on any atom is 0.407 e. The first-order valence-electron chi connectivity index (χ1n) is 10.4. The number of hydrogen-bond acceptors (Lipinski definition) is 7. The van der Waals surface area contributed by atoms with Gasteiger partial charge in [0.1, 0.15) is 17.2 Å². The third kappa shape index (κ3) is 5.50. The van der Waals surface area contributed by atoms with Crippen LogP contribution in [0.4, 0.5) is 9.80 Å². The SMILES string of the molecule is Cc1nn(C)cc1CNC(=O)OC1CCc2c(sc(NC(=O)/C=C/c3ccsc3)c2C#N)C1. The number of carbonyl (C=O) groups excluding carboxylic acids is 2. The van der Waals surface area contributed by atoms with Crippen molar-refractivity contribution in [2.45, 2.75) is 38.8 Å². The molecule has 8 nitrogen and oxygen atoms in total. The molecule has 0 aromatic carbocycles. The van der Waals surface area contributed by atoms with Gasteiger partial charge in [-0.1, -0.05) is 0 Å². The number of thiophene rings is 2. The number of nitrogens with zero attached hydrogens (tertiary/aromatic N) is 3. The highest BCUT2D eigenvalue weighted by molar-refractivity contribution is 7.16. The summed E-state index contributed by atoms with van der Waals surface area (Å²) in [5.74, 6) is -0.283. The smallest absolute Gasteiger partial charge is 0.407 e. The summed E-state index contributed by atoms with van der Waals surface area (Å²) < 4.78 is 7.32. The summed E-state index contributed by atoms with van der Waals surface area (Å²) in [7, 11) is 1.83. The van der Waals surface area contributed by atoms with Crippen LogP contribution in [0, 0.1) is 18.3 Å². The van der Waals surface area contributed by atoms with Crippen LogP contribution < -0.4 is 10.6 Å². The Bertz CT molecular complexity index is 1230. The quantitative estimate of drug-likeness (QED) is 0.514. The molecule has 10 heteroatoms. The lowest BCUT2D eigenvalue weighted by molar-refractivity contribution is -0.111. The highest BCUT2D eigenvalue weighted by atomic mass is 32.1. The Hall–Kier alpha value is -3.42. The van der Waals surface area contributed by atoms with E-state index in [1.807, 2.05) is 37.0 Å². The Labute approximate surface area is 199 Å². The molecule has 0 saturated carbocycles. The Morgan fingerprint density at radius 2 is 2.30 bits per heavy atom. The molecule has 1 aliphatic rings. The number of nitrogens with one attached hydrogen (secondary N) is 2. The monoisotopic (exact) mass is 481 g/mol. The Balaban J connectivity index is 1.36. The summed E-state index contributed by atoms with van der Waals surface area (Å²) in [4.78, 5) is 25.6. The molecule has 0 saturated heterocycles. The third-order valence-corrected chi connectivity index (χ3v) is 7.22. The van der Waals surface area contributed by atoms with Gasteiger partial charge < -0.3 is 15.4 Å². The highest BCUT2D eigenvalue weighted by Crippen LogP contribution is 2.38. The molecule has 0 fully saturated rings. The molecule has 3 heterocycles. The largest absolute Gasteiger partial charge is 0.446 e. The molecule has 3 aromatic rings. The fourth-order valence-corrected chi connectivity index (χ4v) is 5.63. The van der Waals surface area contributed by atoms with Crippen LogP contribution in [0.25, 0.3) is 6.08 Å². The molecule has 2 N–H and O–H groups in total. The van der Waals surface area contributed by atoms with Crippen molar-refractivity contribution >= 4 is 45.8 Å². The summed E-state index contributed by atoms with van der Waals surface area (Å²) in [6.07, 6.45) is 6.08. The van der Waals surface area contributed by atoms with Gasteiger partial charge >= 0.3 is 6.09 Å². The first-order valence-corrected chi connectivity index (χ1v) is 12.2. The van der Waals surface area contributed by atoms with E-state index in [0.717, 1.165) is 27.3 Å². The zero-order valence-electron chi connectivity index (χ0n) is 18.3. The van der Waals surface area contributed by atoms with Gasteiger partial charge in [-0.2, -0.15) is 21.7 Å². The number of aryl methyl sites for hydroxylation is 2. The second kappa shape index (κ2) is 10.0. The van der Waals surface area contributed by atoms with Crippen molar-refractivity contribution in [1.82, 2.24) is 15.1 Å². The van der Waals surface area contributed by atoms with Gasteiger partial charge in [0, 0.05) is 42.7 Å². The molecule has 170 valence electrons. The average molecular weight is 482 g/mol. The van der Waals surface area contributed by atoms with Crippen molar-refractivity contribution in [3.05, 3.63) is 61.9 Å². The Kier molecular flexibility index (Phi) is 6.91. The molecule has 0 aliphatic heterocycles. The van der Waals surface area contributed by atoms with Crippen LogP contribution in [0.3, 0.4) is 0 Å². The fraction of sp³-hybridized carbons (Fsp3) is 0.304. The van der Waals surface area contributed by atoms with Gasteiger partial charge in [-0.15, -0.1) is 11.3 Å². The number of hydrogen-bond donors (Lipinski definition) is 2. The number of nitriles is 1. The number of anilines is 1. The first-order chi connectivity index (χ1) is 15.9. The van der Waals surface area contributed by atoms with Crippen molar-refractivity contribution in [1.29, 1.82) is 5.26 Å². The zero-order chi connectivity index (χ0) is 23.4. The standard InChI is InChI=1S/C23H23N5O3S2/c1-14-16(12-28(2)27-14)11-25-23(30)31-17-4-5-18-19(10-24)22(33-20(18)9-17)26-21(29)6-3-15-7-8-32-13-15/h3,6-8,12-13,17H,4-5,9,11H2,1-2H3,(H,25,30)(H,26,29)/b6-3+. The van der Waals surface area contributed by atoms with E-state index in [-0.39, 0.29) is 12.0 Å². The lowest BCUT2D eigenvalue weighted by atomic mass is 9.94. The van der Waals surface area contributed by atoms with E-state index >= 15 is 0 Å². The Morgan fingerprint density at radius 1 is 1.45 bits per heavy atom. The third-order valence-electron chi connectivity index (χ3n) is 5.35. The molecular weight excluding hydrogens is 458 g/mol. The summed E-state index contributed by atoms with van der Waals surface area (Å²) in [5, 5.41) is 24.0. The minimum Gasteiger partial charge on any atom is -0.446 e. The first kappa shape index (κ1) is 22.8. The van der Waals surface area contributed by atoms with Crippen molar-refractivity contribution in [3.63, 3.8) is 0 Å². The number of aromatic nitrogens is 2. The van der Waals surface area contributed by atoms with E-state index in [2.05, 4.69) is 21.8 Å². The van der Waals surface area contributed by atoms with Gasteiger partial charge in [0.05, 0.1) is 11.3 Å². The minimum absolute atomic E-state index is 0.278. The molecule has 2 amide bonds. The van der Waals surface area contributed by atoms with E-state index in [9.17, 15) is 14.9 Å². The van der Waals surface area contributed by atoms with Crippen LogP contribution in [0.1, 0.15) is 39.2 Å². The molecular formula is C23H23N5O3S2. The lowest BCUT2D eigenvalue weighted by Crippen LogP contribution is -2.31. The van der Waals surface area contributed by atoms with Crippen LogP contribution in [-0.2, 0) is 36.0 Å². The van der Waals surface area contributed by atoms with Crippen LogP contribution in [0.5, 0.6) is 0 Å². The maximum absolute atomic E-state index is 12.3. The number of rotatable bonds is 6. The van der Waals surface area contributed by atoms with E-state index in [0.29, 0.717) is 36.4 Å². The summed E-state index contributed by atoms with van der Waals surface area (Å²) in [6.45, 7) is 2.24. The van der Waals surface area contributed by atoms with Gasteiger partial charge in [-0.05, 0) is 53.8 Å². The Morgan fingerprint density at radius 3 is 3.00 bits per heavy atom. The van der Waals surface area contributed by atoms with E-state index in [1.54, 1.807) is 22.1 Å². The van der Waals surface area contributed by atoms with E-state index < -0.39 is 6.09 Å². The molecule has 0 bridgehead atoms. The van der Waals surface area contributed by atoms with Gasteiger partial charge in [-0.25, -0.2) is 4.79 Å². The summed E-state index contributed by atoms with van der Waals surface area (Å²) in [6, 6.07) is 4.15. The number of fused-ring (bicyclic) bond motifs is 1. The predicted octanol–water partition coefficient (Wildman–Crippen LogP) is 4.16. The van der Waals surface area contributed by atoms with Gasteiger partial charge in [0.2, 0.25) is 5.91 Å². The zero-order valence-corrected chi connectivity index (χ0v) is 19.9. The van der Waals surface area contributed by atoms with Crippen LogP contribution in [-0.4, -0.2) is 27.9 Å². The number of amides is 2. The highest BCUT2D eigenvalue weighted by Gasteiger charge is 2.28. The molecule has 3 aromatic heterocycles. The van der Waals surface area contributed by atoms with Crippen LogP contribution in [0.2, 0.25) is 0 Å². The van der Waals surface area contributed by atoms with Crippen molar-refractivity contribution in [2.75, 3.05) is 5.32 Å². The van der Waals surface area contributed by atoms with E-state index in [1.165, 1.54) is 17.4 Å². The molecule has 1 atom stereocenters. The van der Waals surface area contributed by atoms with E-state index in [4.69, 9.17) is 4.74 Å². The van der Waals surface area contributed by atoms with Gasteiger partial charge in [0.25, 0.3) is 0 Å². The number of alkyl carbamates (subject to hydrolysis) is 1. The minimum atomic E-state index is -0.476. The summed E-state index contributed by atoms with van der Waals surface area (Å²) >= 11 is 2.93. The molecule has 4 rings (SSSR count). The maximum atomic E-state index is 12.3. The lowest BCUT2D eigenvalue weighted by Gasteiger charge is -2.22. The normalized spacial score (nSPS) is 15.1. The molecule has 1 aliphatic carbocycles. The predicted molar refractivity (Wildman–Crippen MR) is 128 cm³/mol. The second-order valence-electron chi connectivity index (χ2n) is 7.74. The topological polar surface area (TPSA) is 109 Å². The fourth-order valence-electron chi connectivity index (χ4n) is 3.74. The molecule has 1 unspecified atom stereocenters. The molecule has 33 heavy (non-hydrogen) atoms. The second-order valence-corrected chi connectivity index (χ2v) is 9.62. The summed E-state index contributed by atoms with van der Waals surface area (Å²) in [5.41, 5.74) is 4.19. The van der Waals surface area contributed by atoms with Crippen molar-refractivity contribution < 1.29 is 14.3 Å². The number of ether oxygens (including phenoxy) is 1. The average Bonchev–Trinajstić information content (AvgIpc) is 3.49. The van der Waals surface area contributed by atoms with Gasteiger partial charge in [0.15, 0.2) is 0 Å². The molecule has 0 radical (unpaired) electrons.